The van der Waals surface area contributed by atoms with Gasteiger partial charge in [0, 0.05) is 18.7 Å². The van der Waals surface area contributed by atoms with Crippen molar-refractivity contribution in [3.05, 3.63) is 29.6 Å². The van der Waals surface area contributed by atoms with Crippen LogP contribution in [0.15, 0.2) is 12.1 Å². The van der Waals surface area contributed by atoms with Crippen LogP contribution in [0.1, 0.15) is 26.1 Å². The summed E-state index contributed by atoms with van der Waals surface area (Å²) in [5, 5.41) is 0. The molecule has 0 amide bonds. The van der Waals surface area contributed by atoms with Gasteiger partial charge in [-0.2, -0.15) is 0 Å². The molecule has 6 heteroatoms. The number of aromatic nitrogens is 2. The molecule has 21 heavy (non-hydrogen) atoms. The minimum Gasteiger partial charge on any atom is -0.327 e. The fourth-order valence-electron chi connectivity index (χ4n) is 2.29. The first-order valence-corrected chi connectivity index (χ1v) is 7.57. The summed E-state index contributed by atoms with van der Waals surface area (Å²) in [5.74, 6) is -0.491. The molecule has 0 unspecified atom stereocenters. The van der Waals surface area contributed by atoms with Gasteiger partial charge in [-0.1, -0.05) is 0 Å². The van der Waals surface area contributed by atoms with E-state index in [4.69, 9.17) is 11.6 Å². The molecule has 0 atom stereocenters. The van der Waals surface area contributed by atoms with E-state index in [2.05, 4.69) is 30.8 Å². The number of imidazole rings is 1. The number of fused-ring (bicyclic) bond motifs is 1. The number of halogens is 3. The van der Waals surface area contributed by atoms with E-state index in [0.717, 1.165) is 19.0 Å². The topological polar surface area (TPSA) is 21.1 Å². The van der Waals surface area contributed by atoms with Crippen LogP contribution in [0.3, 0.4) is 0 Å². The summed E-state index contributed by atoms with van der Waals surface area (Å²) in [5.41, 5.74) is 0.652. The highest BCUT2D eigenvalue weighted by Gasteiger charge is 2.15. The Morgan fingerprint density at radius 2 is 2.05 bits per heavy atom. The van der Waals surface area contributed by atoms with Gasteiger partial charge in [0.15, 0.2) is 5.82 Å². The van der Waals surface area contributed by atoms with E-state index < -0.39 is 11.6 Å². The Kier molecular flexibility index (Phi) is 5.17. The molecule has 1 aromatic heterocycles. The Labute approximate surface area is 128 Å². The second-order valence-corrected chi connectivity index (χ2v) is 5.76. The monoisotopic (exact) mass is 315 g/mol. The lowest BCUT2D eigenvalue weighted by Gasteiger charge is -2.21. The maximum Gasteiger partial charge on any atom is 0.153 e. The molecule has 0 saturated heterocycles. The van der Waals surface area contributed by atoms with Crippen LogP contribution in [0, 0.1) is 11.6 Å². The van der Waals surface area contributed by atoms with Gasteiger partial charge in [0.05, 0.1) is 11.4 Å². The van der Waals surface area contributed by atoms with Crippen molar-refractivity contribution in [3.8, 4) is 0 Å². The first-order valence-electron chi connectivity index (χ1n) is 7.04. The van der Waals surface area contributed by atoms with Crippen LogP contribution >= 0.6 is 11.6 Å². The highest BCUT2D eigenvalue weighted by atomic mass is 35.5. The molecule has 0 aliphatic carbocycles. The van der Waals surface area contributed by atoms with Crippen molar-refractivity contribution >= 4 is 22.6 Å². The largest absolute Gasteiger partial charge is 0.327 e. The van der Waals surface area contributed by atoms with Crippen LogP contribution < -0.4 is 0 Å². The van der Waals surface area contributed by atoms with Gasteiger partial charge in [0.1, 0.15) is 17.2 Å². The summed E-state index contributed by atoms with van der Waals surface area (Å²) >= 11 is 5.88. The van der Waals surface area contributed by atoms with Gasteiger partial charge in [-0.25, -0.2) is 13.8 Å². The Morgan fingerprint density at radius 3 is 2.67 bits per heavy atom. The van der Waals surface area contributed by atoms with Crippen LogP contribution in [0.2, 0.25) is 0 Å². The number of hydrogen-bond acceptors (Lipinski definition) is 2. The summed E-state index contributed by atoms with van der Waals surface area (Å²) < 4.78 is 29.0. The number of hydrogen-bond donors (Lipinski definition) is 0. The Balaban J connectivity index is 2.25. The zero-order valence-electron chi connectivity index (χ0n) is 12.5. The molecule has 0 spiro atoms. The lowest BCUT2D eigenvalue weighted by molar-refractivity contribution is 0.265. The summed E-state index contributed by atoms with van der Waals surface area (Å²) in [4.78, 5) is 6.40. The minimum atomic E-state index is -0.644. The number of alkyl halides is 1. The average molecular weight is 316 g/mol. The molecular formula is C15H20ClF2N3. The van der Waals surface area contributed by atoms with E-state index in [1.165, 1.54) is 6.07 Å². The average Bonchev–Trinajstić information content (AvgIpc) is 2.77. The van der Waals surface area contributed by atoms with Gasteiger partial charge in [-0.3, -0.25) is 0 Å². The highest BCUT2D eigenvalue weighted by Crippen LogP contribution is 2.22. The summed E-state index contributed by atoms with van der Waals surface area (Å²) in [6.45, 7) is 5.79. The molecule has 1 aromatic carbocycles. The fraction of sp³-hybridized carbons (Fsp3) is 0.533. The van der Waals surface area contributed by atoms with Crippen molar-refractivity contribution in [1.82, 2.24) is 14.5 Å². The van der Waals surface area contributed by atoms with Crippen LogP contribution in [0.4, 0.5) is 8.78 Å². The third-order valence-electron chi connectivity index (χ3n) is 3.74. The van der Waals surface area contributed by atoms with Crippen molar-refractivity contribution in [2.24, 2.45) is 0 Å². The van der Waals surface area contributed by atoms with Gasteiger partial charge < -0.3 is 9.47 Å². The molecule has 1 heterocycles. The van der Waals surface area contributed by atoms with E-state index in [9.17, 15) is 8.78 Å². The van der Waals surface area contributed by atoms with Crippen molar-refractivity contribution in [1.29, 1.82) is 0 Å². The molecule has 0 aliphatic heterocycles. The third kappa shape index (κ3) is 3.52. The molecule has 2 rings (SSSR count). The fourth-order valence-corrected chi connectivity index (χ4v) is 2.49. The molecule has 0 N–H and O–H groups in total. The van der Waals surface area contributed by atoms with Gasteiger partial charge in [0.25, 0.3) is 0 Å². The predicted octanol–water partition coefficient (Wildman–Crippen LogP) is 3.78. The Morgan fingerprint density at radius 1 is 1.33 bits per heavy atom. The zero-order chi connectivity index (χ0) is 15.6. The number of rotatable bonds is 6. The van der Waals surface area contributed by atoms with Crippen LogP contribution in [0.5, 0.6) is 0 Å². The molecule has 116 valence electrons. The van der Waals surface area contributed by atoms with Crippen molar-refractivity contribution in [2.75, 3.05) is 13.6 Å². The molecule has 2 aromatic rings. The lowest BCUT2D eigenvalue weighted by atomic mass is 10.2. The van der Waals surface area contributed by atoms with Crippen LogP contribution in [-0.2, 0) is 12.4 Å². The van der Waals surface area contributed by atoms with Crippen molar-refractivity contribution < 1.29 is 8.78 Å². The smallest absolute Gasteiger partial charge is 0.153 e. The van der Waals surface area contributed by atoms with E-state index in [1.54, 1.807) is 0 Å². The summed E-state index contributed by atoms with van der Waals surface area (Å²) in [7, 11) is 2.05. The number of aryl methyl sites for hydroxylation is 1. The minimum absolute atomic E-state index is 0.176. The third-order valence-corrected chi connectivity index (χ3v) is 3.98. The second-order valence-electron chi connectivity index (χ2n) is 5.50. The molecule has 0 fully saturated rings. The van der Waals surface area contributed by atoms with Crippen LogP contribution in [-0.4, -0.2) is 34.1 Å². The van der Waals surface area contributed by atoms with Gasteiger partial charge in [0.2, 0.25) is 0 Å². The summed E-state index contributed by atoms with van der Waals surface area (Å²) in [6, 6.07) is 2.63. The van der Waals surface area contributed by atoms with E-state index in [-0.39, 0.29) is 11.4 Å². The number of benzene rings is 1. The van der Waals surface area contributed by atoms with Gasteiger partial charge >= 0.3 is 0 Å². The van der Waals surface area contributed by atoms with Crippen LogP contribution in [0.25, 0.3) is 11.0 Å². The predicted molar refractivity (Wildman–Crippen MR) is 81.6 cm³/mol. The molecule has 0 saturated carbocycles. The van der Waals surface area contributed by atoms with Gasteiger partial charge in [-0.05, 0) is 39.9 Å². The maximum atomic E-state index is 13.8. The second kappa shape index (κ2) is 6.71. The van der Waals surface area contributed by atoms with Crippen molar-refractivity contribution in [2.45, 2.75) is 38.7 Å². The van der Waals surface area contributed by atoms with E-state index >= 15 is 0 Å². The lowest BCUT2D eigenvalue weighted by Crippen LogP contribution is -2.28. The highest BCUT2D eigenvalue weighted by molar-refractivity contribution is 6.16. The zero-order valence-corrected chi connectivity index (χ0v) is 13.3. The molecule has 3 nitrogen and oxygen atoms in total. The van der Waals surface area contributed by atoms with Crippen molar-refractivity contribution in [3.63, 3.8) is 0 Å². The Hall–Kier alpha value is -1.20. The van der Waals surface area contributed by atoms with E-state index in [1.807, 2.05) is 4.57 Å². The molecule has 0 bridgehead atoms. The summed E-state index contributed by atoms with van der Waals surface area (Å²) in [6.07, 6.45) is 0.863. The molecule has 0 radical (unpaired) electrons. The molecule has 0 aliphatic rings. The normalized spacial score (nSPS) is 12.0. The maximum absolute atomic E-state index is 13.8. The standard InChI is InChI=1S/C15H20ClF2N3/c1-10(2)20(3)5-4-6-21-13-8-11(17)7-12(18)15(13)19-14(21)9-16/h7-8,10H,4-6,9H2,1-3H3. The SMILES string of the molecule is CC(C)N(C)CCCn1c(CCl)nc2c(F)cc(F)cc21. The number of nitrogens with zero attached hydrogens (tertiary/aromatic N) is 3. The quantitative estimate of drug-likeness (QED) is 0.756. The Bertz CT molecular complexity index is 625. The first-order chi connectivity index (χ1) is 9.93. The van der Waals surface area contributed by atoms with E-state index in [0.29, 0.717) is 23.9 Å². The molecular weight excluding hydrogens is 296 g/mol. The first kappa shape index (κ1) is 16.2. The van der Waals surface area contributed by atoms with Gasteiger partial charge in [-0.15, -0.1) is 11.6 Å².